The number of rotatable bonds is 36. The van der Waals surface area contributed by atoms with E-state index in [9.17, 15) is 28.8 Å². The van der Waals surface area contributed by atoms with Crippen molar-refractivity contribution in [3.05, 3.63) is 0 Å². The molecule has 0 radical (unpaired) electrons. The van der Waals surface area contributed by atoms with Gasteiger partial charge in [0.25, 0.3) is 0 Å². The van der Waals surface area contributed by atoms with Crippen LogP contribution in [-0.2, 0) is 28.8 Å². The summed E-state index contributed by atoms with van der Waals surface area (Å²) in [5.74, 6) is -3.10. The van der Waals surface area contributed by atoms with Gasteiger partial charge in [-0.05, 0) is 103 Å². The number of nitrogens with one attached hydrogen (secondary N) is 5. The van der Waals surface area contributed by atoms with Crippen LogP contribution in [0.5, 0.6) is 0 Å². The first-order valence-corrected chi connectivity index (χ1v) is 21.7. The second kappa shape index (κ2) is 33.8. The molecule has 0 rings (SSSR count). The van der Waals surface area contributed by atoms with E-state index in [1.54, 1.807) is 0 Å². The molecular formula is C41H81N9O6. The molecule has 0 heterocycles. The predicted molar refractivity (Wildman–Crippen MR) is 224 cm³/mol. The third-order valence-electron chi connectivity index (χ3n) is 9.88. The van der Waals surface area contributed by atoms with E-state index < -0.39 is 59.7 Å². The maximum absolute atomic E-state index is 13.6. The first-order chi connectivity index (χ1) is 26.8. The molecule has 0 aromatic carbocycles. The minimum Gasteiger partial charge on any atom is -0.368 e. The molecule has 0 saturated carbocycles. The summed E-state index contributed by atoms with van der Waals surface area (Å²) in [4.78, 5) is 78.7. The van der Waals surface area contributed by atoms with E-state index in [0.29, 0.717) is 77.4 Å². The van der Waals surface area contributed by atoms with E-state index in [1.807, 2.05) is 13.8 Å². The molecule has 326 valence electrons. The molecule has 0 aromatic heterocycles. The van der Waals surface area contributed by atoms with Gasteiger partial charge in [0.05, 0.1) is 0 Å². The fourth-order valence-electron chi connectivity index (χ4n) is 6.44. The lowest BCUT2D eigenvalue weighted by atomic mass is 10.0. The Morgan fingerprint density at radius 3 is 1.29 bits per heavy atom. The van der Waals surface area contributed by atoms with E-state index in [2.05, 4.69) is 33.5 Å². The van der Waals surface area contributed by atoms with Crippen molar-refractivity contribution < 1.29 is 28.8 Å². The Labute approximate surface area is 337 Å². The molecule has 13 N–H and O–H groups in total. The van der Waals surface area contributed by atoms with E-state index in [0.717, 1.165) is 25.7 Å². The van der Waals surface area contributed by atoms with Crippen molar-refractivity contribution in [2.75, 3.05) is 19.6 Å². The summed E-state index contributed by atoms with van der Waals surface area (Å²) >= 11 is 0. The van der Waals surface area contributed by atoms with Crippen molar-refractivity contribution in [2.24, 2.45) is 28.9 Å². The van der Waals surface area contributed by atoms with Crippen LogP contribution in [0.3, 0.4) is 0 Å². The Balaban J connectivity index is 5.42. The van der Waals surface area contributed by atoms with Gasteiger partial charge in [0.2, 0.25) is 35.4 Å². The first kappa shape index (κ1) is 52.7. The largest absolute Gasteiger partial charge is 0.368 e. The normalized spacial score (nSPS) is 13.9. The highest BCUT2D eigenvalue weighted by molar-refractivity contribution is 5.96. The van der Waals surface area contributed by atoms with Gasteiger partial charge in [-0.15, -0.1) is 0 Å². The van der Waals surface area contributed by atoms with Crippen LogP contribution in [0.15, 0.2) is 0 Å². The second-order valence-corrected chi connectivity index (χ2v) is 15.7. The summed E-state index contributed by atoms with van der Waals surface area (Å²) in [6.07, 6.45) is 18.2. The van der Waals surface area contributed by atoms with Crippen molar-refractivity contribution in [1.29, 1.82) is 0 Å². The molecule has 0 bridgehead atoms. The highest BCUT2D eigenvalue weighted by Crippen LogP contribution is 2.13. The third kappa shape index (κ3) is 26.5. The predicted octanol–water partition coefficient (Wildman–Crippen LogP) is 3.05. The lowest BCUT2D eigenvalue weighted by molar-refractivity contribution is -0.135. The number of hydrogen-bond acceptors (Lipinski definition) is 9. The maximum atomic E-state index is 13.6. The van der Waals surface area contributed by atoms with Crippen molar-refractivity contribution in [2.45, 2.75) is 199 Å². The summed E-state index contributed by atoms with van der Waals surface area (Å²) in [5, 5.41) is 13.7. The van der Waals surface area contributed by atoms with E-state index in [1.165, 1.54) is 51.9 Å². The molecule has 0 spiro atoms. The van der Waals surface area contributed by atoms with Crippen LogP contribution in [0, 0.1) is 5.92 Å². The number of unbranched alkanes of at least 4 members (excludes halogenated alkanes) is 13. The molecule has 0 aliphatic heterocycles. The molecule has 56 heavy (non-hydrogen) atoms. The fraction of sp³-hybridized carbons (Fsp3) is 0.854. The van der Waals surface area contributed by atoms with Crippen LogP contribution in [0.1, 0.15) is 169 Å². The van der Waals surface area contributed by atoms with Crippen LogP contribution in [-0.4, -0.2) is 85.3 Å². The van der Waals surface area contributed by atoms with Gasteiger partial charge in [-0.1, -0.05) is 85.0 Å². The van der Waals surface area contributed by atoms with Crippen LogP contribution in [0.25, 0.3) is 0 Å². The summed E-state index contributed by atoms with van der Waals surface area (Å²) < 4.78 is 0. The molecule has 0 saturated heterocycles. The molecule has 0 fully saturated rings. The molecule has 0 aliphatic carbocycles. The van der Waals surface area contributed by atoms with Crippen LogP contribution < -0.4 is 49.5 Å². The van der Waals surface area contributed by atoms with Crippen LogP contribution in [0.2, 0.25) is 0 Å². The Bertz CT molecular complexity index is 1110. The molecule has 15 heteroatoms. The zero-order valence-electron chi connectivity index (χ0n) is 35.4. The lowest BCUT2D eigenvalue weighted by Gasteiger charge is -2.26. The van der Waals surface area contributed by atoms with Gasteiger partial charge in [0.1, 0.15) is 30.2 Å². The highest BCUT2D eigenvalue weighted by atomic mass is 16.2. The minimum absolute atomic E-state index is 0.0141. The maximum Gasteiger partial charge on any atom is 0.243 e. The topological polar surface area (TPSA) is 267 Å². The molecule has 6 amide bonds. The second-order valence-electron chi connectivity index (χ2n) is 15.7. The number of nitrogens with two attached hydrogens (primary N) is 4. The van der Waals surface area contributed by atoms with Crippen molar-refractivity contribution in [3.8, 4) is 0 Å². The van der Waals surface area contributed by atoms with Crippen LogP contribution in [0.4, 0.5) is 0 Å². The van der Waals surface area contributed by atoms with Gasteiger partial charge in [-0.2, -0.15) is 0 Å². The molecule has 0 aliphatic rings. The summed E-state index contributed by atoms with van der Waals surface area (Å²) in [6.45, 7) is 8.83. The summed E-state index contributed by atoms with van der Waals surface area (Å²) in [5.41, 5.74) is 22.4. The SMILES string of the molecule is CCCCCCCCCCCCCC(=O)NC(CCCCN)C(=O)NC(CC(C)C)C(=O)NC(C)C(=O)NC(CCCCN)C(=O)NC(CCCCN)C(N)=O. The van der Waals surface area contributed by atoms with Gasteiger partial charge in [0.15, 0.2) is 0 Å². The Hall–Kier alpha value is -3.30. The van der Waals surface area contributed by atoms with E-state index in [4.69, 9.17) is 22.9 Å². The van der Waals surface area contributed by atoms with E-state index >= 15 is 0 Å². The smallest absolute Gasteiger partial charge is 0.243 e. The highest BCUT2D eigenvalue weighted by Gasteiger charge is 2.31. The Morgan fingerprint density at radius 1 is 0.446 bits per heavy atom. The average molecular weight is 796 g/mol. The summed E-state index contributed by atoms with van der Waals surface area (Å²) in [7, 11) is 0. The van der Waals surface area contributed by atoms with Crippen molar-refractivity contribution in [1.82, 2.24) is 26.6 Å². The molecule has 0 aromatic rings. The number of amides is 6. The van der Waals surface area contributed by atoms with Gasteiger partial charge in [0, 0.05) is 6.42 Å². The van der Waals surface area contributed by atoms with Crippen molar-refractivity contribution >= 4 is 35.4 Å². The van der Waals surface area contributed by atoms with Gasteiger partial charge < -0.3 is 49.5 Å². The fourth-order valence-corrected chi connectivity index (χ4v) is 6.44. The summed E-state index contributed by atoms with van der Waals surface area (Å²) in [6, 6.07) is -4.81. The van der Waals surface area contributed by atoms with Gasteiger partial charge in [-0.3, -0.25) is 28.8 Å². The number of carbonyl (C=O) groups excluding carboxylic acids is 6. The monoisotopic (exact) mass is 796 g/mol. The quantitative estimate of drug-likeness (QED) is 0.0422. The van der Waals surface area contributed by atoms with Crippen LogP contribution >= 0.6 is 0 Å². The third-order valence-corrected chi connectivity index (χ3v) is 9.88. The van der Waals surface area contributed by atoms with Gasteiger partial charge >= 0.3 is 0 Å². The minimum atomic E-state index is -1.07. The number of hydrogen-bond donors (Lipinski definition) is 9. The zero-order chi connectivity index (χ0) is 42.1. The first-order valence-electron chi connectivity index (χ1n) is 21.7. The number of carbonyl (C=O) groups is 6. The molecule has 5 unspecified atom stereocenters. The number of primary amides is 1. The average Bonchev–Trinajstić information content (AvgIpc) is 3.15. The zero-order valence-corrected chi connectivity index (χ0v) is 35.4. The Kier molecular flexibility index (Phi) is 31.8. The molecule has 15 nitrogen and oxygen atoms in total. The molecular weight excluding hydrogens is 715 g/mol. The standard InChI is InChI=1S/C41H81N9O6/c1-5-6-7-8-9-10-11-12-13-14-15-25-36(51)47-33(23-17-20-27-43)39(54)50-35(29-30(2)3)41(56)46-31(4)38(53)49-34(24-18-21-28-44)40(55)48-32(37(45)52)22-16-19-26-42/h30-35H,5-29,42-44H2,1-4H3,(H2,45,52)(H,46,56)(H,47,51)(H,48,55)(H,49,53)(H,50,54). The van der Waals surface area contributed by atoms with E-state index in [-0.39, 0.29) is 24.7 Å². The van der Waals surface area contributed by atoms with Gasteiger partial charge in [-0.25, -0.2) is 0 Å². The Morgan fingerprint density at radius 2 is 0.839 bits per heavy atom. The lowest BCUT2D eigenvalue weighted by Crippen LogP contribution is -2.58. The van der Waals surface area contributed by atoms with Crippen molar-refractivity contribution in [3.63, 3.8) is 0 Å². The molecule has 5 atom stereocenters.